The molecule has 4 aromatic rings. The van der Waals surface area contributed by atoms with E-state index in [4.69, 9.17) is 38.0 Å². The maximum Gasteiger partial charge on any atom is 0.257 e. The number of rotatable bonds is 6. The number of nitrogens with one attached hydrogen (secondary N) is 2. The molecule has 0 atom stereocenters. The van der Waals surface area contributed by atoms with Gasteiger partial charge in [-0.2, -0.15) is 0 Å². The zero-order valence-corrected chi connectivity index (χ0v) is 21.8. The number of hydrogen-bond acceptors (Lipinski definition) is 6. The van der Waals surface area contributed by atoms with Gasteiger partial charge in [0, 0.05) is 33.4 Å². The van der Waals surface area contributed by atoms with Gasteiger partial charge in [0.25, 0.3) is 5.91 Å². The van der Waals surface area contributed by atoms with Crippen LogP contribution in [0.3, 0.4) is 0 Å². The lowest BCUT2D eigenvalue weighted by molar-refractivity contribution is 0.0977. The van der Waals surface area contributed by atoms with E-state index in [1.54, 1.807) is 75.0 Å². The number of aromatic nitrogens is 1. The van der Waals surface area contributed by atoms with E-state index in [0.29, 0.717) is 44.8 Å². The summed E-state index contributed by atoms with van der Waals surface area (Å²) in [5.41, 5.74) is 1.75. The third kappa shape index (κ3) is 5.82. The molecule has 1 amide bonds. The number of carbonyl (C=O) groups excluding carboxylic acids is 1. The smallest absolute Gasteiger partial charge is 0.257 e. The molecule has 0 aliphatic carbocycles. The number of anilines is 1. The molecule has 178 valence electrons. The number of benzene rings is 3. The van der Waals surface area contributed by atoms with Crippen molar-refractivity contribution in [3.63, 3.8) is 0 Å². The van der Waals surface area contributed by atoms with Crippen LogP contribution in [0, 0.1) is 0 Å². The zero-order valence-electron chi connectivity index (χ0n) is 18.6. The lowest BCUT2D eigenvalue weighted by Gasteiger charge is -2.14. The highest BCUT2D eigenvalue weighted by Gasteiger charge is 2.14. The first kappa shape index (κ1) is 24.7. The van der Waals surface area contributed by atoms with Gasteiger partial charge in [0.05, 0.1) is 24.8 Å². The number of fused-ring (bicyclic) bond motifs is 1. The maximum absolute atomic E-state index is 12.4. The van der Waals surface area contributed by atoms with Crippen molar-refractivity contribution in [1.82, 2.24) is 10.3 Å². The molecular formula is C25H19BrClN3O4S. The molecule has 4 rings (SSSR count). The van der Waals surface area contributed by atoms with E-state index in [2.05, 4.69) is 31.5 Å². The molecule has 0 radical (unpaired) electrons. The van der Waals surface area contributed by atoms with Crippen LogP contribution in [0.5, 0.6) is 23.0 Å². The van der Waals surface area contributed by atoms with E-state index >= 15 is 0 Å². The first-order valence-corrected chi connectivity index (χ1v) is 11.8. The number of carbonyl (C=O) groups is 1. The van der Waals surface area contributed by atoms with Crippen LogP contribution in [-0.4, -0.2) is 30.2 Å². The minimum absolute atomic E-state index is 0.140. The number of ether oxygens (including phenoxy) is 3. The van der Waals surface area contributed by atoms with Crippen molar-refractivity contribution in [3.05, 3.63) is 81.9 Å². The second kappa shape index (κ2) is 10.9. The predicted molar refractivity (Wildman–Crippen MR) is 144 cm³/mol. The Hall–Kier alpha value is -3.40. The fourth-order valence-electron chi connectivity index (χ4n) is 3.28. The molecular weight excluding hydrogens is 554 g/mol. The summed E-state index contributed by atoms with van der Waals surface area (Å²) in [5, 5.41) is 6.82. The molecule has 1 aromatic heterocycles. The van der Waals surface area contributed by atoms with Crippen LogP contribution in [-0.2, 0) is 0 Å². The normalized spacial score (nSPS) is 10.5. The van der Waals surface area contributed by atoms with Crippen molar-refractivity contribution in [3.8, 4) is 23.0 Å². The van der Waals surface area contributed by atoms with Crippen LogP contribution in [0.1, 0.15) is 10.4 Å². The Morgan fingerprint density at radius 2 is 1.74 bits per heavy atom. The quantitative estimate of drug-likeness (QED) is 0.252. The van der Waals surface area contributed by atoms with Gasteiger partial charge in [-0.25, -0.2) is 0 Å². The Morgan fingerprint density at radius 3 is 2.46 bits per heavy atom. The molecule has 0 fully saturated rings. The van der Waals surface area contributed by atoms with Gasteiger partial charge in [0.1, 0.15) is 11.5 Å². The summed E-state index contributed by atoms with van der Waals surface area (Å²) < 4.78 is 17.6. The second-order valence-corrected chi connectivity index (χ2v) is 8.93. The molecule has 7 nitrogen and oxygen atoms in total. The molecule has 10 heteroatoms. The minimum atomic E-state index is -0.327. The summed E-state index contributed by atoms with van der Waals surface area (Å²) in [4.78, 5) is 16.8. The van der Waals surface area contributed by atoms with Crippen molar-refractivity contribution < 1.29 is 19.0 Å². The van der Waals surface area contributed by atoms with Gasteiger partial charge < -0.3 is 19.5 Å². The average molecular weight is 573 g/mol. The van der Waals surface area contributed by atoms with E-state index in [9.17, 15) is 4.79 Å². The van der Waals surface area contributed by atoms with E-state index in [0.717, 1.165) is 9.86 Å². The van der Waals surface area contributed by atoms with Crippen LogP contribution < -0.4 is 24.8 Å². The highest BCUT2D eigenvalue weighted by Crippen LogP contribution is 2.38. The molecule has 35 heavy (non-hydrogen) atoms. The van der Waals surface area contributed by atoms with Crippen molar-refractivity contribution in [2.45, 2.75) is 0 Å². The van der Waals surface area contributed by atoms with E-state index < -0.39 is 0 Å². The molecule has 0 bridgehead atoms. The van der Waals surface area contributed by atoms with Crippen molar-refractivity contribution in [2.24, 2.45) is 0 Å². The number of nitrogens with zero attached hydrogens (tertiary/aromatic N) is 1. The Morgan fingerprint density at radius 1 is 0.971 bits per heavy atom. The van der Waals surface area contributed by atoms with Gasteiger partial charge in [-0.1, -0.05) is 33.6 Å². The molecule has 3 aromatic carbocycles. The summed E-state index contributed by atoms with van der Waals surface area (Å²) in [5.74, 6) is 1.79. The Balaban J connectivity index is 1.49. The summed E-state index contributed by atoms with van der Waals surface area (Å²) in [6, 6.07) is 17.4. The SMILES string of the molecule is COc1cc2nccc(Oc3ccc(NC(=S)NC(=O)c4cccc(Br)c4)cc3Cl)c2cc1OC. The third-order valence-corrected chi connectivity index (χ3v) is 5.92. The summed E-state index contributed by atoms with van der Waals surface area (Å²) in [7, 11) is 3.13. The lowest BCUT2D eigenvalue weighted by Crippen LogP contribution is -2.34. The minimum Gasteiger partial charge on any atom is -0.493 e. The molecule has 0 aliphatic rings. The maximum atomic E-state index is 12.4. The Kier molecular flexibility index (Phi) is 7.70. The molecule has 2 N–H and O–H groups in total. The van der Waals surface area contributed by atoms with Gasteiger partial charge in [-0.05, 0) is 60.7 Å². The second-order valence-electron chi connectivity index (χ2n) is 7.20. The number of hydrogen-bond donors (Lipinski definition) is 2. The molecule has 0 saturated carbocycles. The number of amides is 1. The predicted octanol–water partition coefficient (Wildman–Crippen LogP) is 6.59. The van der Waals surface area contributed by atoms with Gasteiger partial charge >= 0.3 is 0 Å². The monoisotopic (exact) mass is 571 g/mol. The summed E-state index contributed by atoms with van der Waals surface area (Å²) >= 11 is 15.1. The van der Waals surface area contributed by atoms with Crippen molar-refractivity contribution in [2.75, 3.05) is 19.5 Å². The molecule has 0 spiro atoms. The fraction of sp³-hybridized carbons (Fsp3) is 0.0800. The zero-order chi connectivity index (χ0) is 24.9. The first-order chi connectivity index (χ1) is 16.9. The molecule has 0 unspecified atom stereocenters. The fourth-order valence-corrected chi connectivity index (χ4v) is 4.11. The van der Waals surface area contributed by atoms with Crippen LogP contribution in [0.4, 0.5) is 5.69 Å². The van der Waals surface area contributed by atoms with Crippen LogP contribution >= 0.6 is 39.7 Å². The number of halogens is 2. The highest BCUT2D eigenvalue weighted by atomic mass is 79.9. The molecule has 0 saturated heterocycles. The van der Waals surface area contributed by atoms with Crippen molar-refractivity contribution >= 4 is 67.4 Å². The average Bonchev–Trinajstić information content (AvgIpc) is 2.84. The topological polar surface area (TPSA) is 81.7 Å². The largest absolute Gasteiger partial charge is 0.493 e. The highest BCUT2D eigenvalue weighted by molar-refractivity contribution is 9.10. The number of methoxy groups -OCH3 is 2. The van der Waals surface area contributed by atoms with Gasteiger partial charge in [-0.15, -0.1) is 0 Å². The van der Waals surface area contributed by atoms with E-state index in [1.165, 1.54) is 0 Å². The summed E-state index contributed by atoms with van der Waals surface area (Å²) in [6.07, 6.45) is 1.64. The number of pyridine rings is 1. The van der Waals surface area contributed by atoms with Crippen LogP contribution in [0.2, 0.25) is 5.02 Å². The standard InChI is InChI=1S/C25H19BrClN3O4S/c1-32-22-12-17-19(13-23(22)33-2)28-9-8-20(17)34-21-7-6-16(11-18(21)27)29-25(35)30-24(31)14-4-3-5-15(26)10-14/h3-13H,1-2H3,(H2,29,30,31,35). The van der Waals surface area contributed by atoms with Gasteiger partial charge in [-0.3, -0.25) is 15.1 Å². The first-order valence-electron chi connectivity index (χ1n) is 10.2. The Labute approximate surface area is 220 Å². The van der Waals surface area contributed by atoms with Gasteiger partial charge in [0.2, 0.25) is 0 Å². The Bertz CT molecular complexity index is 1430. The van der Waals surface area contributed by atoms with Crippen LogP contribution in [0.25, 0.3) is 10.9 Å². The summed E-state index contributed by atoms with van der Waals surface area (Å²) in [6.45, 7) is 0. The van der Waals surface area contributed by atoms with E-state index in [-0.39, 0.29) is 11.0 Å². The lowest BCUT2D eigenvalue weighted by atomic mass is 10.2. The van der Waals surface area contributed by atoms with Crippen LogP contribution in [0.15, 0.2) is 71.3 Å². The van der Waals surface area contributed by atoms with Crippen molar-refractivity contribution in [1.29, 1.82) is 0 Å². The number of thiocarbonyl (C=S) groups is 1. The van der Waals surface area contributed by atoms with Gasteiger partial charge in [0.15, 0.2) is 16.6 Å². The third-order valence-electron chi connectivity index (χ3n) is 4.93. The van der Waals surface area contributed by atoms with E-state index in [1.807, 2.05) is 6.07 Å². The molecule has 0 aliphatic heterocycles. The molecule has 1 heterocycles.